The molecule has 0 spiro atoms. The standard InChI is InChI=1S/C20H24F4N2O3/c1-19(2,3)29-18(28)26-16-11-5-4-10(8-11)15(16)17(27)25-12-6-7-14(21)13(9-12)20(22,23)24/h6-7,9-11,15-16H,4-5,8H2,1-3H3,(H,25,27)(H,26,28). The van der Waals surface area contributed by atoms with E-state index in [2.05, 4.69) is 10.6 Å². The Morgan fingerprint density at radius 1 is 1.10 bits per heavy atom. The summed E-state index contributed by atoms with van der Waals surface area (Å²) in [6.45, 7) is 5.18. The Morgan fingerprint density at radius 2 is 1.76 bits per heavy atom. The fourth-order valence-electron chi connectivity index (χ4n) is 4.37. The van der Waals surface area contributed by atoms with Crippen LogP contribution in [0.3, 0.4) is 0 Å². The van der Waals surface area contributed by atoms with Crippen LogP contribution < -0.4 is 10.6 Å². The fourth-order valence-corrected chi connectivity index (χ4v) is 4.37. The number of hydrogen-bond acceptors (Lipinski definition) is 3. The number of rotatable bonds is 3. The highest BCUT2D eigenvalue weighted by molar-refractivity contribution is 5.94. The van der Waals surface area contributed by atoms with Gasteiger partial charge in [-0.05, 0) is 70.1 Å². The molecule has 0 saturated heterocycles. The normalized spacial score (nSPS) is 26.3. The SMILES string of the molecule is CC(C)(C)OC(=O)NC1C2CCC(C2)C1C(=O)Nc1ccc(F)c(C(F)(F)F)c1. The van der Waals surface area contributed by atoms with Crippen LogP contribution in [-0.2, 0) is 15.7 Å². The lowest BCUT2D eigenvalue weighted by molar-refractivity contribution is -0.140. The Labute approximate surface area is 166 Å². The molecule has 2 bridgehead atoms. The fraction of sp³-hybridized carbons (Fsp3) is 0.600. The summed E-state index contributed by atoms with van der Waals surface area (Å²) in [5.74, 6) is -2.33. The summed E-state index contributed by atoms with van der Waals surface area (Å²) >= 11 is 0. The van der Waals surface area contributed by atoms with Gasteiger partial charge in [-0.2, -0.15) is 13.2 Å². The summed E-state index contributed by atoms with van der Waals surface area (Å²) in [5.41, 5.74) is -2.27. The van der Waals surface area contributed by atoms with Crippen molar-refractivity contribution >= 4 is 17.7 Å². The van der Waals surface area contributed by atoms with Crippen LogP contribution in [0.1, 0.15) is 45.6 Å². The molecular formula is C20H24F4N2O3. The van der Waals surface area contributed by atoms with Crippen LogP contribution in [-0.4, -0.2) is 23.6 Å². The minimum Gasteiger partial charge on any atom is -0.444 e. The molecule has 9 heteroatoms. The number of alkyl carbamates (subject to hydrolysis) is 1. The molecule has 0 heterocycles. The van der Waals surface area contributed by atoms with E-state index < -0.39 is 47.1 Å². The number of anilines is 1. The number of hydrogen-bond donors (Lipinski definition) is 2. The van der Waals surface area contributed by atoms with E-state index in [0.717, 1.165) is 25.3 Å². The average Bonchev–Trinajstić information content (AvgIpc) is 3.15. The Hall–Kier alpha value is -2.32. The van der Waals surface area contributed by atoms with Crippen LogP contribution in [0.5, 0.6) is 0 Å². The molecule has 2 saturated carbocycles. The van der Waals surface area contributed by atoms with Gasteiger partial charge in [0.15, 0.2) is 0 Å². The topological polar surface area (TPSA) is 67.4 Å². The largest absolute Gasteiger partial charge is 0.444 e. The molecule has 5 nitrogen and oxygen atoms in total. The number of benzene rings is 1. The van der Waals surface area contributed by atoms with Gasteiger partial charge in [-0.3, -0.25) is 4.79 Å². The van der Waals surface area contributed by atoms with Gasteiger partial charge in [-0.1, -0.05) is 0 Å². The van der Waals surface area contributed by atoms with Crippen LogP contribution in [0.4, 0.5) is 28.0 Å². The number of ether oxygens (including phenoxy) is 1. The predicted molar refractivity (Wildman–Crippen MR) is 97.5 cm³/mol. The lowest BCUT2D eigenvalue weighted by atomic mass is 9.83. The average molecular weight is 416 g/mol. The van der Waals surface area contributed by atoms with Gasteiger partial charge in [0.05, 0.1) is 11.5 Å². The molecule has 4 atom stereocenters. The van der Waals surface area contributed by atoms with Gasteiger partial charge in [0, 0.05) is 11.7 Å². The van der Waals surface area contributed by atoms with Crippen LogP contribution >= 0.6 is 0 Å². The van der Waals surface area contributed by atoms with E-state index in [1.807, 2.05) is 0 Å². The maximum absolute atomic E-state index is 13.5. The van der Waals surface area contributed by atoms with E-state index in [0.29, 0.717) is 12.1 Å². The maximum atomic E-state index is 13.5. The molecule has 29 heavy (non-hydrogen) atoms. The van der Waals surface area contributed by atoms with E-state index >= 15 is 0 Å². The van der Waals surface area contributed by atoms with Gasteiger partial charge in [0.2, 0.25) is 5.91 Å². The number of carbonyl (C=O) groups excluding carboxylic acids is 2. The minimum atomic E-state index is -4.86. The number of carbonyl (C=O) groups is 2. The number of nitrogens with one attached hydrogen (secondary N) is 2. The molecule has 2 N–H and O–H groups in total. The lowest BCUT2D eigenvalue weighted by Crippen LogP contribution is -2.49. The quantitative estimate of drug-likeness (QED) is 0.701. The Balaban J connectivity index is 1.74. The molecule has 0 radical (unpaired) electrons. The van der Waals surface area contributed by atoms with E-state index in [9.17, 15) is 27.2 Å². The van der Waals surface area contributed by atoms with Crippen molar-refractivity contribution in [2.75, 3.05) is 5.32 Å². The molecule has 3 rings (SSSR count). The molecule has 4 unspecified atom stereocenters. The molecule has 2 fully saturated rings. The van der Waals surface area contributed by atoms with Gasteiger partial charge in [0.25, 0.3) is 0 Å². The number of halogens is 4. The van der Waals surface area contributed by atoms with Gasteiger partial charge < -0.3 is 15.4 Å². The maximum Gasteiger partial charge on any atom is 0.419 e. The summed E-state index contributed by atoms with van der Waals surface area (Å²) in [6, 6.07) is 1.89. The summed E-state index contributed by atoms with van der Waals surface area (Å²) < 4.78 is 57.5. The molecule has 1 aromatic carbocycles. The first-order valence-corrected chi connectivity index (χ1v) is 9.52. The van der Waals surface area contributed by atoms with Crippen molar-refractivity contribution in [2.24, 2.45) is 17.8 Å². The molecule has 2 amide bonds. The molecule has 0 aliphatic heterocycles. The van der Waals surface area contributed by atoms with Gasteiger partial charge in [0.1, 0.15) is 11.4 Å². The zero-order chi connectivity index (χ0) is 21.6. The molecule has 0 aromatic heterocycles. The van der Waals surface area contributed by atoms with Crippen LogP contribution in [0.2, 0.25) is 0 Å². The van der Waals surface area contributed by atoms with Gasteiger partial charge >= 0.3 is 12.3 Å². The summed E-state index contributed by atoms with van der Waals surface area (Å²) in [6.07, 6.45) is -3.06. The number of fused-ring (bicyclic) bond motifs is 2. The minimum absolute atomic E-state index is 0.0301. The Morgan fingerprint density at radius 3 is 2.38 bits per heavy atom. The van der Waals surface area contributed by atoms with Gasteiger partial charge in [-0.25, -0.2) is 9.18 Å². The van der Waals surface area contributed by atoms with Crippen molar-refractivity contribution in [3.8, 4) is 0 Å². The summed E-state index contributed by atoms with van der Waals surface area (Å²) in [4.78, 5) is 25.0. The Bertz CT molecular complexity index is 804. The smallest absolute Gasteiger partial charge is 0.419 e. The van der Waals surface area contributed by atoms with E-state index in [4.69, 9.17) is 4.74 Å². The second-order valence-corrected chi connectivity index (χ2v) is 8.71. The number of alkyl halides is 3. The highest BCUT2D eigenvalue weighted by Gasteiger charge is 2.51. The second-order valence-electron chi connectivity index (χ2n) is 8.71. The zero-order valence-electron chi connectivity index (χ0n) is 16.4. The molecule has 160 valence electrons. The molecule has 1 aromatic rings. The highest BCUT2D eigenvalue weighted by Crippen LogP contribution is 2.49. The Kier molecular flexibility index (Phi) is 5.53. The summed E-state index contributed by atoms with van der Waals surface area (Å²) in [5, 5.41) is 5.23. The molecular weight excluding hydrogens is 392 g/mol. The van der Waals surface area contributed by atoms with Crippen molar-refractivity contribution in [1.29, 1.82) is 0 Å². The first-order chi connectivity index (χ1) is 13.3. The van der Waals surface area contributed by atoms with Crippen molar-refractivity contribution in [3.63, 3.8) is 0 Å². The first-order valence-electron chi connectivity index (χ1n) is 9.52. The van der Waals surface area contributed by atoms with Crippen LogP contribution in [0.25, 0.3) is 0 Å². The summed E-state index contributed by atoms with van der Waals surface area (Å²) in [7, 11) is 0. The molecule has 2 aliphatic carbocycles. The van der Waals surface area contributed by atoms with E-state index in [1.54, 1.807) is 20.8 Å². The van der Waals surface area contributed by atoms with Crippen LogP contribution in [0.15, 0.2) is 18.2 Å². The third-order valence-electron chi connectivity index (χ3n) is 5.44. The van der Waals surface area contributed by atoms with E-state index in [-0.39, 0.29) is 17.5 Å². The zero-order valence-corrected chi connectivity index (χ0v) is 16.4. The second kappa shape index (κ2) is 7.50. The van der Waals surface area contributed by atoms with Crippen molar-refractivity contribution in [1.82, 2.24) is 5.32 Å². The highest BCUT2D eigenvalue weighted by atomic mass is 19.4. The monoisotopic (exact) mass is 416 g/mol. The van der Waals surface area contributed by atoms with Crippen molar-refractivity contribution in [3.05, 3.63) is 29.6 Å². The number of amides is 2. The third-order valence-corrected chi connectivity index (χ3v) is 5.44. The molecule has 2 aliphatic rings. The van der Waals surface area contributed by atoms with Crippen molar-refractivity contribution < 1.29 is 31.9 Å². The third kappa shape index (κ3) is 4.82. The van der Waals surface area contributed by atoms with Gasteiger partial charge in [-0.15, -0.1) is 0 Å². The van der Waals surface area contributed by atoms with Crippen molar-refractivity contribution in [2.45, 2.75) is 57.9 Å². The lowest BCUT2D eigenvalue weighted by Gasteiger charge is -2.31. The predicted octanol–water partition coefficient (Wildman–Crippen LogP) is 4.72. The first kappa shape index (κ1) is 21.4. The van der Waals surface area contributed by atoms with Crippen LogP contribution in [0, 0.1) is 23.6 Å². The van der Waals surface area contributed by atoms with E-state index in [1.165, 1.54) is 0 Å².